The molecule has 1 aromatic carbocycles. The van der Waals surface area contributed by atoms with E-state index in [0.717, 1.165) is 10.9 Å². The van der Waals surface area contributed by atoms with Crippen molar-refractivity contribution in [2.75, 3.05) is 13.1 Å². The monoisotopic (exact) mass is 279 g/mol. The van der Waals surface area contributed by atoms with Gasteiger partial charge >= 0.3 is 0 Å². The summed E-state index contributed by atoms with van der Waals surface area (Å²) in [6.07, 6.45) is 6.12. The van der Waals surface area contributed by atoms with Crippen molar-refractivity contribution >= 4 is 11.6 Å². The third-order valence-corrected chi connectivity index (χ3v) is 4.80. The van der Waals surface area contributed by atoms with Gasteiger partial charge in [0.1, 0.15) is 0 Å². The minimum atomic E-state index is 0.612. The fourth-order valence-corrected chi connectivity index (χ4v) is 3.53. The number of hydrogen-bond acceptors (Lipinski definition) is 1. The van der Waals surface area contributed by atoms with Gasteiger partial charge in [0.2, 0.25) is 0 Å². The molecule has 0 saturated carbocycles. The summed E-state index contributed by atoms with van der Waals surface area (Å²) in [6.45, 7) is 6.83. The van der Waals surface area contributed by atoms with Gasteiger partial charge in [-0.3, -0.25) is 0 Å². The molecule has 0 spiro atoms. The lowest BCUT2D eigenvalue weighted by atomic mass is 9.88. The Morgan fingerprint density at radius 2 is 1.89 bits per heavy atom. The zero-order valence-electron chi connectivity index (χ0n) is 12.2. The summed E-state index contributed by atoms with van der Waals surface area (Å²) in [7, 11) is 0. The van der Waals surface area contributed by atoms with Crippen LogP contribution in [0.2, 0.25) is 5.02 Å². The molecule has 0 bridgehead atoms. The van der Waals surface area contributed by atoms with Crippen molar-refractivity contribution in [2.45, 2.75) is 51.9 Å². The lowest BCUT2D eigenvalue weighted by Gasteiger charge is -2.23. The van der Waals surface area contributed by atoms with Crippen molar-refractivity contribution in [1.29, 1.82) is 0 Å². The molecular weight excluding hydrogens is 254 g/mol. The molecule has 19 heavy (non-hydrogen) atoms. The van der Waals surface area contributed by atoms with E-state index in [0.29, 0.717) is 5.92 Å². The van der Waals surface area contributed by atoms with Crippen LogP contribution in [0.4, 0.5) is 0 Å². The fraction of sp³-hybridized carbons (Fsp3) is 0.647. The molecule has 1 heterocycles. The molecule has 0 aromatic heterocycles. The molecule has 1 aromatic rings. The number of rotatable bonds is 5. The number of piperidine rings is 1. The van der Waals surface area contributed by atoms with Crippen molar-refractivity contribution in [1.82, 2.24) is 5.32 Å². The highest BCUT2D eigenvalue weighted by atomic mass is 35.5. The molecule has 0 radical (unpaired) electrons. The lowest BCUT2D eigenvalue weighted by molar-refractivity contribution is 0.372. The summed E-state index contributed by atoms with van der Waals surface area (Å²) in [4.78, 5) is 0. The lowest BCUT2D eigenvalue weighted by Crippen LogP contribution is -2.28. The van der Waals surface area contributed by atoms with E-state index in [9.17, 15) is 0 Å². The van der Waals surface area contributed by atoms with E-state index in [1.165, 1.54) is 56.3 Å². The predicted molar refractivity (Wildman–Crippen MR) is 84.1 cm³/mol. The molecule has 0 amide bonds. The van der Waals surface area contributed by atoms with Crippen LogP contribution < -0.4 is 5.32 Å². The second-order valence-corrected chi connectivity index (χ2v) is 6.17. The van der Waals surface area contributed by atoms with Gasteiger partial charge in [0.25, 0.3) is 0 Å². The molecule has 2 heteroatoms. The molecule has 1 fully saturated rings. The van der Waals surface area contributed by atoms with Crippen LogP contribution in [0.25, 0.3) is 0 Å². The summed E-state index contributed by atoms with van der Waals surface area (Å²) in [6, 6.07) is 6.76. The van der Waals surface area contributed by atoms with Gasteiger partial charge in [0.15, 0.2) is 0 Å². The minimum Gasteiger partial charge on any atom is -0.317 e. The molecule has 2 rings (SSSR count). The molecule has 1 aliphatic heterocycles. The van der Waals surface area contributed by atoms with Crippen molar-refractivity contribution in [2.24, 2.45) is 5.92 Å². The molecule has 1 N–H and O–H groups in total. The first-order valence-corrected chi connectivity index (χ1v) is 8.11. The number of hydrogen-bond donors (Lipinski definition) is 1. The van der Waals surface area contributed by atoms with Crippen LogP contribution in [0.1, 0.15) is 56.6 Å². The Labute approximate surface area is 122 Å². The predicted octanol–water partition coefficient (Wildman–Crippen LogP) is 4.79. The number of nitrogens with one attached hydrogen (secondary N) is 1. The van der Waals surface area contributed by atoms with Crippen molar-refractivity contribution in [3.05, 3.63) is 34.3 Å². The fourth-order valence-electron chi connectivity index (χ4n) is 3.18. The number of halogens is 1. The Morgan fingerprint density at radius 1 is 1.21 bits per heavy atom. The third-order valence-electron chi connectivity index (χ3n) is 4.47. The Kier molecular flexibility index (Phi) is 5.72. The molecule has 0 atom stereocenters. The van der Waals surface area contributed by atoms with Crippen LogP contribution in [-0.4, -0.2) is 13.1 Å². The normalized spacial score (nSPS) is 17.1. The van der Waals surface area contributed by atoms with E-state index in [2.05, 4.69) is 37.4 Å². The first-order valence-electron chi connectivity index (χ1n) is 7.73. The highest BCUT2D eigenvalue weighted by Gasteiger charge is 2.15. The van der Waals surface area contributed by atoms with Gasteiger partial charge in [-0.2, -0.15) is 0 Å². The maximum Gasteiger partial charge on any atom is 0.0443 e. The first kappa shape index (κ1) is 14.9. The highest BCUT2D eigenvalue weighted by molar-refractivity contribution is 6.31. The van der Waals surface area contributed by atoms with Crippen molar-refractivity contribution in [3.8, 4) is 0 Å². The Morgan fingerprint density at radius 3 is 2.47 bits per heavy atom. The van der Waals surface area contributed by atoms with Crippen molar-refractivity contribution < 1.29 is 0 Å². The smallest absolute Gasteiger partial charge is 0.0443 e. The van der Waals surface area contributed by atoms with Crippen LogP contribution >= 0.6 is 11.6 Å². The van der Waals surface area contributed by atoms with Crippen LogP contribution in [0.3, 0.4) is 0 Å². The standard InChI is InChI=1S/C17H26ClN/c1-3-15(4-2)16-6-5-14(12-17(16)18)11-13-7-9-19-10-8-13/h5-6,12-13,15,19H,3-4,7-11H2,1-2H3. The second kappa shape index (κ2) is 7.31. The zero-order chi connectivity index (χ0) is 13.7. The first-order chi connectivity index (χ1) is 9.24. The zero-order valence-corrected chi connectivity index (χ0v) is 13.0. The summed E-state index contributed by atoms with van der Waals surface area (Å²) < 4.78 is 0. The molecule has 1 saturated heterocycles. The van der Waals surface area contributed by atoms with Gasteiger partial charge < -0.3 is 5.32 Å². The van der Waals surface area contributed by atoms with Gasteiger partial charge in [-0.05, 0) is 74.2 Å². The van der Waals surface area contributed by atoms with Gasteiger partial charge in [-0.1, -0.05) is 37.6 Å². The Bertz CT molecular complexity index is 392. The van der Waals surface area contributed by atoms with E-state index in [1.807, 2.05) is 0 Å². The Balaban J connectivity index is 2.05. The number of benzene rings is 1. The van der Waals surface area contributed by atoms with Crippen LogP contribution in [0.5, 0.6) is 0 Å². The van der Waals surface area contributed by atoms with E-state index < -0.39 is 0 Å². The van der Waals surface area contributed by atoms with Crippen LogP contribution in [-0.2, 0) is 6.42 Å². The SMILES string of the molecule is CCC(CC)c1ccc(CC2CCNCC2)cc1Cl. The van der Waals surface area contributed by atoms with Gasteiger partial charge in [-0.25, -0.2) is 0 Å². The average molecular weight is 280 g/mol. The average Bonchev–Trinajstić information content (AvgIpc) is 2.43. The summed E-state index contributed by atoms with van der Waals surface area (Å²) in [5, 5.41) is 4.40. The molecule has 1 nitrogen and oxygen atoms in total. The minimum absolute atomic E-state index is 0.612. The quantitative estimate of drug-likeness (QED) is 0.817. The second-order valence-electron chi connectivity index (χ2n) is 5.77. The van der Waals surface area contributed by atoms with Gasteiger partial charge in [0, 0.05) is 5.02 Å². The van der Waals surface area contributed by atoms with E-state index >= 15 is 0 Å². The highest BCUT2D eigenvalue weighted by Crippen LogP contribution is 2.31. The van der Waals surface area contributed by atoms with Crippen LogP contribution in [0.15, 0.2) is 18.2 Å². The van der Waals surface area contributed by atoms with Crippen molar-refractivity contribution in [3.63, 3.8) is 0 Å². The van der Waals surface area contributed by atoms with E-state index in [4.69, 9.17) is 11.6 Å². The summed E-state index contributed by atoms with van der Waals surface area (Å²) in [5.74, 6) is 1.44. The molecular formula is C17H26ClN. The molecule has 106 valence electrons. The molecule has 1 aliphatic rings. The van der Waals surface area contributed by atoms with E-state index in [-0.39, 0.29) is 0 Å². The Hall–Kier alpha value is -0.530. The maximum atomic E-state index is 6.49. The maximum absolute atomic E-state index is 6.49. The summed E-state index contributed by atoms with van der Waals surface area (Å²) in [5.41, 5.74) is 2.74. The largest absolute Gasteiger partial charge is 0.317 e. The van der Waals surface area contributed by atoms with Gasteiger partial charge in [0.05, 0.1) is 0 Å². The topological polar surface area (TPSA) is 12.0 Å². The van der Waals surface area contributed by atoms with E-state index in [1.54, 1.807) is 0 Å². The van der Waals surface area contributed by atoms with Gasteiger partial charge in [-0.15, -0.1) is 0 Å². The van der Waals surface area contributed by atoms with Crippen LogP contribution in [0, 0.1) is 5.92 Å². The summed E-state index contributed by atoms with van der Waals surface area (Å²) >= 11 is 6.49. The third kappa shape index (κ3) is 3.97. The molecule has 0 aliphatic carbocycles. The molecule has 0 unspecified atom stereocenters.